The fourth-order valence-electron chi connectivity index (χ4n) is 3.97. The van der Waals surface area contributed by atoms with Gasteiger partial charge < -0.3 is 24.4 Å². The van der Waals surface area contributed by atoms with Gasteiger partial charge in [0.2, 0.25) is 0 Å². The molecule has 0 fully saturated rings. The number of methoxy groups -OCH3 is 1. The molecule has 7 heteroatoms. The average molecular weight is 418 g/mol. The van der Waals surface area contributed by atoms with Gasteiger partial charge in [0.25, 0.3) is 0 Å². The Labute approximate surface area is 179 Å². The van der Waals surface area contributed by atoms with E-state index in [1.165, 1.54) is 6.07 Å². The summed E-state index contributed by atoms with van der Waals surface area (Å²) in [5.41, 5.74) is 3.78. The van der Waals surface area contributed by atoms with Gasteiger partial charge in [-0.2, -0.15) is 0 Å². The molecule has 2 aliphatic rings. The minimum atomic E-state index is -1.04. The topological polar surface area (TPSA) is 87.2 Å². The quantitative estimate of drug-likeness (QED) is 0.721. The van der Waals surface area contributed by atoms with Crippen molar-refractivity contribution in [3.63, 3.8) is 0 Å². The van der Waals surface area contributed by atoms with Crippen LogP contribution in [0, 0.1) is 0 Å². The minimum absolute atomic E-state index is 0.000561. The Hall–Kier alpha value is -3.87. The number of nitrogens with zero attached hydrogens (tertiary/aromatic N) is 2. The molecule has 0 saturated carbocycles. The van der Waals surface area contributed by atoms with Gasteiger partial charge in [-0.05, 0) is 42.0 Å². The number of allylic oxidation sites excluding steroid dienone is 2. The molecule has 7 nitrogen and oxygen atoms in total. The molecule has 0 bridgehead atoms. The van der Waals surface area contributed by atoms with Crippen molar-refractivity contribution in [3.05, 3.63) is 77.0 Å². The summed E-state index contributed by atoms with van der Waals surface area (Å²) in [4.78, 5) is 39.7. The van der Waals surface area contributed by atoms with Crippen LogP contribution >= 0.6 is 0 Å². The zero-order valence-corrected chi connectivity index (χ0v) is 17.1. The highest BCUT2D eigenvalue weighted by molar-refractivity contribution is 6.02. The molecule has 31 heavy (non-hydrogen) atoms. The van der Waals surface area contributed by atoms with Gasteiger partial charge in [0.05, 0.1) is 30.6 Å². The summed E-state index contributed by atoms with van der Waals surface area (Å²) in [5, 5.41) is 9.53. The number of aldehydes is 1. The third kappa shape index (κ3) is 3.94. The monoisotopic (exact) mass is 418 g/mol. The summed E-state index contributed by atoms with van der Waals surface area (Å²) in [6.07, 6.45) is 4.75. The van der Waals surface area contributed by atoms with Crippen LogP contribution in [0.3, 0.4) is 0 Å². The largest absolute Gasteiger partial charge is 0.497 e. The summed E-state index contributed by atoms with van der Waals surface area (Å²) < 4.78 is 5.22. The van der Waals surface area contributed by atoms with Crippen LogP contribution in [0.4, 0.5) is 11.4 Å². The Morgan fingerprint density at radius 2 is 1.94 bits per heavy atom. The fourth-order valence-corrected chi connectivity index (χ4v) is 3.97. The van der Waals surface area contributed by atoms with Crippen molar-refractivity contribution in [1.82, 2.24) is 0 Å². The lowest BCUT2D eigenvalue weighted by atomic mass is 9.99. The molecule has 2 aromatic carbocycles. The number of benzene rings is 2. The number of ketones is 1. The van der Waals surface area contributed by atoms with Gasteiger partial charge in [-0.25, -0.2) is 4.79 Å². The van der Waals surface area contributed by atoms with Crippen LogP contribution in [-0.2, 0) is 16.1 Å². The Balaban J connectivity index is 1.85. The van der Waals surface area contributed by atoms with E-state index in [2.05, 4.69) is 0 Å². The number of fused-ring (bicyclic) bond motifs is 1. The Morgan fingerprint density at radius 3 is 2.61 bits per heavy atom. The number of carbonyl (C=O) groups is 3. The molecular formula is C24H22N2O5. The van der Waals surface area contributed by atoms with E-state index in [1.807, 2.05) is 35.2 Å². The average Bonchev–Trinajstić information content (AvgIpc) is 2.90. The van der Waals surface area contributed by atoms with Gasteiger partial charge in [0.15, 0.2) is 5.78 Å². The Bertz CT molecular complexity index is 1100. The highest BCUT2D eigenvalue weighted by atomic mass is 16.5. The molecule has 1 N–H and O–H groups in total. The number of hydrogen-bond acceptors (Lipinski definition) is 6. The lowest BCUT2D eigenvalue weighted by Gasteiger charge is -2.28. The molecule has 0 amide bonds. The molecule has 1 heterocycles. The van der Waals surface area contributed by atoms with Gasteiger partial charge in [0.1, 0.15) is 12.0 Å². The standard InChI is InChI=1S/C24H22N2O5/c1-31-18-8-5-16(6-9-18)14-25-15-19-20(3-2-4-23(19)28)26(11-12-27)21-10-7-17(24(29)30)13-22(21)25/h2-3,5-10,12-13H,4,11,14-15H2,1H3,(H,29,30). The lowest BCUT2D eigenvalue weighted by Crippen LogP contribution is -2.29. The van der Waals surface area contributed by atoms with Gasteiger partial charge in [0, 0.05) is 30.8 Å². The molecule has 0 spiro atoms. The lowest BCUT2D eigenvalue weighted by molar-refractivity contribution is -0.115. The van der Waals surface area contributed by atoms with Crippen molar-refractivity contribution in [3.8, 4) is 5.75 Å². The minimum Gasteiger partial charge on any atom is -0.497 e. The summed E-state index contributed by atoms with van der Waals surface area (Å²) in [7, 11) is 1.60. The Morgan fingerprint density at radius 1 is 1.16 bits per heavy atom. The van der Waals surface area contributed by atoms with Gasteiger partial charge in [-0.3, -0.25) is 4.79 Å². The van der Waals surface area contributed by atoms with Crippen molar-refractivity contribution < 1.29 is 24.2 Å². The maximum Gasteiger partial charge on any atom is 0.335 e. The molecule has 0 radical (unpaired) electrons. The van der Waals surface area contributed by atoms with Crippen molar-refractivity contribution in [2.75, 3.05) is 30.0 Å². The molecule has 1 aliphatic heterocycles. The second-order valence-electron chi connectivity index (χ2n) is 7.38. The molecule has 0 aromatic heterocycles. The molecule has 0 unspecified atom stereocenters. The smallest absolute Gasteiger partial charge is 0.335 e. The normalized spacial score (nSPS) is 15.3. The van der Waals surface area contributed by atoms with Crippen LogP contribution in [0.1, 0.15) is 22.3 Å². The summed E-state index contributed by atoms with van der Waals surface area (Å²) >= 11 is 0. The van der Waals surface area contributed by atoms with Crippen molar-refractivity contribution in [2.45, 2.75) is 13.0 Å². The second-order valence-corrected chi connectivity index (χ2v) is 7.38. The van der Waals surface area contributed by atoms with Crippen LogP contribution in [-0.4, -0.2) is 43.3 Å². The van der Waals surface area contributed by atoms with Gasteiger partial charge in [-0.15, -0.1) is 0 Å². The zero-order valence-electron chi connectivity index (χ0n) is 17.1. The molecule has 2 aromatic rings. The van der Waals surface area contributed by atoms with Crippen LogP contribution in [0.5, 0.6) is 5.75 Å². The van der Waals surface area contributed by atoms with E-state index >= 15 is 0 Å². The summed E-state index contributed by atoms with van der Waals surface area (Å²) in [6.45, 7) is 0.838. The zero-order chi connectivity index (χ0) is 22.0. The van der Waals surface area contributed by atoms with E-state index in [1.54, 1.807) is 30.2 Å². The van der Waals surface area contributed by atoms with Gasteiger partial charge in [-0.1, -0.05) is 18.2 Å². The maximum absolute atomic E-state index is 12.8. The van der Waals surface area contributed by atoms with Crippen LogP contribution in [0.25, 0.3) is 0 Å². The number of hydrogen-bond donors (Lipinski definition) is 1. The highest BCUT2D eigenvalue weighted by Crippen LogP contribution is 2.39. The third-order valence-corrected chi connectivity index (χ3v) is 5.51. The second kappa shape index (κ2) is 8.47. The molecule has 0 saturated heterocycles. The van der Waals surface area contributed by atoms with Crippen LogP contribution < -0.4 is 14.5 Å². The van der Waals surface area contributed by atoms with E-state index in [0.29, 0.717) is 42.2 Å². The molecule has 158 valence electrons. The molecule has 1 aliphatic carbocycles. The van der Waals surface area contributed by atoms with Crippen LogP contribution in [0.15, 0.2) is 65.9 Å². The number of anilines is 2. The van der Waals surface area contributed by atoms with Crippen LogP contribution in [0.2, 0.25) is 0 Å². The van der Waals surface area contributed by atoms with Crippen molar-refractivity contribution in [2.24, 2.45) is 0 Å². The molecule has 0 atom stereocenters. The van der Waals surface area contributed by atoms with Crippen molar-refractivity contribution in [1.29, 1.82) is 0 Å². The molecular weight excluding hydrogens is 396 g/mol. The number of carboxylic acid groups (broad SMARTS) is 1. The number of Topliss-reactive ketones (excluding diaryl/α,β-unsaturated/α-hetero) is 1. The number of carbonyl (C=O) groups excluding carboxylic acids is 2. The fraction of sp³-hybridized carbons (Fsp3) is 0.208. The van der Waals surface area contributed by atoms with E-state index in [4.69, 9.17) is 4.74 Å². The van der Waals surface area contributed by atoms with E-state index < -0.39 is 5.97 Å². The first-order valence-electron chi connectivity index (χ1n) is 9.91. The first-order valence-corrected chi connectivity index (χ1v) is 9.91. The number of ether oxygens (including phenoxy) is 1. The predicted molar refractivity (Wildman–Crippen MR) is 117 cm³/mol. The van der Waals surface area contributed by atoms with E-state index in [0.717, 1.165) is 17.6 Å². The highest BCUT2D eigenvalue weighted by Gasteiger charge is 2.30. The maximum atomic E-state index is 12.8. The summed E-state index contributed by atoms with van der Waals surface area (Å²) in [6, 6.07) is 12.4. The number of carboxylic acids is 1. The third-order valence-electron chi connectivity index (χ3n) is 5.51. The summed E-state index contributed by atoms with van der Waals surface area (Å²) in [5.74, 6) is -0.297. The first-order chi connectivity index (χ1) is 15.0. The number of rotatable bonds is 6. The Kier molecular flexibility index (Phi) is 5.58. The predicted octanol–water partition coefficient (Wildman–Crippen LogP) is 3.20. The van der Waals surface area contributed by atoms with E-state index in [9.17, 15) is 19.5 Å². The SMILES string of the molecule is COc1ccc(CN2CC3=C(C=CCC3=O)N(CC=O)c3ccc(C(=O)O)cc32)cc1. The van der Waals surface area contributed by atoms with E-state index in [-0.39, 0.29) is 17.9 Å². The molecule has 4 rings (SSSR count). The van der Waals surface area contributed by atoms with Gasteiger partial charge >= 0.3 is 5.97 Å². The first kappa shape index (κ1) is 20.4. The van der Waals surface area contributed by atoms with Crippen molar-refractivity contribution >= 4 is 29.4 Å². The number of aromatic carboxylic acids is 1.